The number of amides is 3. The van der Waals surface area contributed by atoms with Gasteiger partial charge >= 0.3 is 7.12 Å². The van der Waals surface area contributed by atoms with Crippen LogP contribution in [0.4, 0.5) is 0 Å². The largest absolute Gasteiger partial charge is 0.507 e. The Bertz CT molecular complexity index is 1980. The molecular formula is C48H69BN4O9. The molecule has 7 rings (SSSR count). The number of phenolic OH excluding ortho intramolecular Hbond substituents is 2. The molecule has 5 aliphatic rings. The number of aromatic hydroxyl groups is 2. The number of phenols is 2. The van der Waals surface area contributed by atoms with Crippen LogP contribution in [0.5, 0.6) is 11.5 Å². The molecule has 0 spiro atoms. The van der Waals surface area contributed by atoms with Gasteiger partial charge in [0.2, 0.25) is 17.7 Å². The number of Topliss-reactive ketones (excluding diaryl/α,β-unsaturated/α-hetero) is 2. The minimum Gasteiger partial charge on any atom is -0.507 e. The molecule has 6 bridgehead atoms. The molecule has 13 nitrogen and oxygen atoms in total. The van der Waals surface area contributed by atoms with Crippen LogP contribution in [-0.2, 0) is 39.7 Å². The van der Waals surface area contributed by atoms with E-state index in [2.05, 4.69) is 38.3 Å². The number of ketones is 2. The second kappa shape index (κ2) is 20.1. The number of nitrogens with zero attached hydrogens (tertiary/aromatic N) is 1. The molecule has 0 aromatic heterocycles. The van der Waals surface area contributed by atoms with Crippen molar-refractivity contribution in [3.63, 3.8) is 0 Å². The highest BCUT2D eigenvalue weighted by Crippen LogP contribution is 2.65. The third-order valence-corrected chi connectivity index (χ3v) is 14.6. The van der Waals surface area contributed by atoms with E-state index in [0.717, 1.165) is 44.9 Å². The Hall–Kier alpha value is -4.27. The zero-order chi connectivity index (χ0) is 44.9. The van der Waals surface area contributed by atoms with Gasteiger partial charge in [-0.3, -0.25) is 24.0 Å². The highest BCUT2D eigenvalue weighted by Gasteiger charge is 2.67. The number of fused-ring (bicyclic) bond motifs is 5. The fourth-order valence-corrected chi connectivity index (χ4v) is 10.7. The SMILES string of the molecule is CCCCCCCC(=O)C[C@@H](CCCCN)C(=O)N(C)[C@@H]1C(=O)C[C@@H](C)C(=O)N[C@H](C(=O)NCB2O[C@@H]3C[C@@H]4C[C@@H](C4(C)C)[C@]3(C)O2)Cc2ccc(O)c(c2)-c2cc1ccc2O. The maximum absolute atomic E-state index is 14.5. The number of likely N-dealkylation sites (N-methyl/N-ethyl adjacent to an activating group) is 1. The highest BCUT2D eigenvalue weighted by atomic mass is 16.7. The lowest BCUT2D eigenvalue weighted by atomic mass is 9.43. The van der Waals surface area contributed by atoms with Crippen molar-refractivity contribution in [1.29, 1.82) is 0 Å². The maximum atomic E-state index is 14.5. The van der Waals surface area contributed by atoms with Gasteiger partial charge in [0.25, 0.3) is 0 Å². The third kappa shape index (κ3) is 10.2. The number of carbonyl (C=O) groups is 5. The molecule has 2 heterocycles. The molecule has 3 amide bonds. The number of rotatable bonds is 17. The number of unbranched alkanes of at least 4 members (excludes halogenated alkanes) is 5. The van der Waals surface area contributed by atoms with Crippen molar-refractivity contribution in [2.75, 3.05) is 20.0 Å². The predicted octanol–water partition coefficient (Wildman–Crippen LogP) is 6.35. The Balaban J connectivity index is 1.24. The van der Waals surface area contributed by atoms with E-state index in [9.17, 15) is 34.2 Å². The fourth-order valence-electron chi connectivity index (χ4n) is 10.7. The molecule has 62 heavy (non-hydrogen) atoms. The summed E-state index contributed by atoms with van der Waals surface area (Å²) < 4.78 is 12.8. The Morgan fingerprint density at radius 1 is 0.968 bits per heavy atom. The molecule has 2 aliphatic heterocycles. The van der Waals surface area contributed by atoms with Crippen molar-refractivity contribution in [2.45, 2.75) is 148 Å². The second-order valence-corrected chi connectivity index (χ2v) is 19.3. The molecule has 0 radical (unpaired) electrons. The number of carbonyl (C=O) groups excluding carboxylic acids is 5. The number of hydrogen-bond donors (Lipinski definition) is 5. The molecule has 4 fully saturated rings. The van der Waals surface area contributed by atoms with Crippen LogP contribution in [0.25, 0.3) is 11.1 Å². The fraction of sp³-hybridized carbons (Fsp3) is 0.646. The van der Waals surface area contributed by atoms with E-state index in [-0.39, 0.29) is 71.5 Å². The number of nitrogens with two attached hydrogens (primary N) is 1. The van der Waals surface area contributed by atoms with E-state index in [0.29, 0.717) is 55.2 Å². The molecule has 3 saturated carbocycles. The molecule has 8 atom stereocenters. The van der Waals surface area contributed by atoms with Crippen molar-refractivity contribution >= 4 is 36.4 Å². The van der Waals surface area contributed by atoms with Gasteiger partial charge in [-0.05, 0) is 98.2 Å². The molecule has 338 valence electrons. The van der Waals surface area contributed by atoms with Crippen LogP contribution in [0.2, 0.25) is 0 Å². The Morgan fingerprint density at radius 2 is 1.68 bits per heavy atom. The normalized spacial score (nSPS) is 27.0. The van der Waals surface area contributed by atoms with Crippen LogP contribution in [0.1, 0.15) is 135 Å². The molecule has 2 aromatic carbocycles. The summed E-state index contributed by atoms with van der Waals surface area (Å²) in [5.41, 5.74) is 6.94. The maximum Gasteiger partial charge on any atom is 0.478 e. The van der Waals surface area contributed by atoms with Crippen LogP contribution in [0, 0.1) is 29.1 Å². The lowest BCUT2D eigenvalue weighted by Crippen LogP contribution is -2.65. The van der Waals surface area contributed by atoms with Gasteiger partial charge in [0, 0.05) is 55.7 Å². The van der Waals surface area contributed by atoms with E-state index < -0.39 is 54.2 Å². The van der Waals surface area contributed by atoms with Crippen LogP contribution in [-0.4, -0.2) is 89.3 Å². The molecular weight excluding hydrogens is 787 g/mol. The van der Waals surface area contributed by atoms with E-state index >= 15 is 0 Å². The van der Waals surface area contributed by atoms with Gasteiger partial charge in [0.05, 0.1) is 18.1 Å². The van der Waals surface area contributed by atoms with Gasteiger partial charge < -0.3 is 40.8 Å². The lowest BCUT2D eigenvalue weighted by molar-refractivity contribution is -0.199. The lowest BCUT2D eigenvalue weighted by Gasteiger charge is -2.64. The van der Waals surface area contributed by atoms with Gasteiger partial charge in [-0.15, -0.1) is 0 Å². The third-order valence-electron chi connectivity index (χ3n) is 14.6. The standard InChI is InChI=1S/C48H69BN4O9/c1-7-8-9-10-11-15-34(54)24-32(14-12-13-20-50)46(60)53(6)43-31-17-19-39(56)36(25-31)35-22-30(16-18-38(35)55)23-37(52-44(58)29(2)21-40(43)57)45(59)51-28-49-61-42-27-33-26-41(47(33,3)4)48(42,5)62-49/h16-19,22,25,29,32-33,37,41-43,55-56H,7-15,20-21,23-24,26-28,50H2,1-6H3,(H,51,59)(H,52,58)/t29-,32-,33+,37+,41+,42-,43+,48+/m1/s1. The molecule has 6 N–H and O–H groups in total. The number of hydrogen-bond acceptors (Lipinski definition) is 10. The Kier molecular flexibility index (Phi) is 15.3. The molecule has 1 saturated heterocycles. The average Bonchev–Trinajstić information content (AvgIpc) is 3.59. The summed E-state index contributed by atoms with van der Waals surface area (Å²) in [6.07, 6.45) is 8.91. The first-order chi connectivity index (χ1) is 29.5. The van der Waals surface area contributed by atoms with E-state index in [1.165, 1.54) is 24.1 Å². The average molecular weight is 857 g/mol. The summed E-state index contributed by atoms with van der Waals surface area (Å²) in [7, 11) is 0.877. The van der Waals surface area contributed by atoms with Gasteiger partial charge in [-0.25, -0.2) is 0 Å². The first kappa shape index (κ1) is 47.2. The summed E-state index contributed by atoms with van der Waals surface area (Å²) in [5, 5.41) is 28.2. The highest BCUT2D eigenvalue weighted by molar-refractivity contribution is 6.46. The van der Waals surface area contributed by atoms with Gasteiger partial charge in [-0.2, -0.15) is 0 Å². The number of nitrogens with one attached hydrogen (secondary N) is 2. The first-order valence-electron chi connectivity index (χ1n) is 23.1. The van der Waals surface area contributed by atoms with E-state index in [1.807, 2.05) is 0 Å². The smallest absolute Gasteiger partial charge is 0.478 e. The van der Waals surface area contributed by atoms with Crippen molar-refractivity contribution < 1.29 is 43.5 Å². The Labute approximate surface area is 367 Å². The molecule has 3 aliphatic carbocycles. The molecule has 14 heteroatoms. The van der Waals surface area contributed by atoms with Gasteiger partial charge in [0.1, 0.15) is 29.4 Å². The zero-order valence-electron chi connectivity index (χ0n) is 37.7. The van der Waals surface area contributed by atoms with Gasteiger partial charge in [-0.1, -0.05) is 71.9 Å². The predicted molar refractivity (Wildman–Crippen MR) is 238 cm³/mol. The van der Waals surface area contributed by atoms with Gasteiger partial charge in [0.15, 0.2) is 5.78 Å². The van der Waals surface area contributed by atoms with Crippen LogP contribution in [0.3, 0.4) is 0 Å². The monoisotopic (exact) mass is 857 g/mol. The second-order valence-electron chi connectivity index (χ2n) is 19.3. The van der Waals surface area contributed by atoms with Crippen molar-refractivity contribution in [3.8, 4) is 22.6 Å². The summed E-state index contributed by atoms with van der Waals surface area (Å²) in [4.78, 5) is 71.6. The summed E-state index contributed by atoms with van der Waals surface area (Å²) in [5.74, 6) is -2.79. The summed E-state index contributed by atoms with van der Waals surface area (Å²) in [6, 6.07) is 7.04. The summed E-state index contributed by atoms with van der Waals surface area (Å²) in [6.45, 7) is 10.9. The van der Waals surface area contributed by atoms with Crippen molar-refractivity contribution in [1.82, 2.24) is 15.5 Å². The minimum atomic E-state index is -1.20. The quantitative estimate of drug-likeness (QED) is 0.0884. The first-order valence-corrected chi connectivity index (χ1v) is 23.1. The minimum absolute atomic E-state index is 0.000477. The molecule has 0 unspecified atom stereocenters. The Morgan fingerprint density at radius 3 is 2.39 bits per heavy atom. The van der Waals surface area contributed by atoms with Crippen molar-refractivity contribution in [3.05, 3.63) is 47.5 Å². The van der Waals surface area contributed by atoms with Crippen LogP contribution < -0.4 is 16.4 Å². The zero-order valence-corrected chi connectivity index (χ0v) is 37.7. The van der Waals surface area contributed by atoms with E-state index in [1.54, 1.807) is 31.2 Å². The van der Waals surface area contributed by atoms with Crippen LogP contribution >= 0.6 is 0 Å². The summed E-state index contributed by atoms with van der Waals surface area (Å²) >= 11 is 0. The van der Waals surface area contributed by atoms with Crippen LogP contribution in [0.15, 0.2) is 36.4 Å². The topological polar surface area (TPSA) is 198 Å². The molecule has 2 aromatic rings. The van der Waals surface area contributed by atoms with Crippen molar-refractivity contribution in [2.24, 2.45) is 34.8 Å². The number of benzene rings is 2. The van der Waals surface area contributed by atoms with E-state index in [4.69, 9.17) is 15.0 Å².